The van der Waals surface area contributed by atoms with Gasteiger partial charge in [-0.25, -0.2) is 4.79 Å². The Bertz CT molecular complexity index is 3570. The van der Waals surface area contributed by atoms with Gasteiger partial charge in [0, 0.05) is 30.1 Å². The Labute approximate surface area is 702 Å². The molecule has 0 aromatic heterocycles. The average Bonchev–Trinajstić information content (AvgIpc) is 1.54. The zero-order valence-corrected chi connectivity index (χ0v) is 74.7. The largest absolute Gasteiger partial charge is 0.463 e. The quantitative estimate of drug-likeness (QED) is 0.0397. The number of alkyl halides is 12. The summed E-state index contributed by atoms with van der Waals surface area (Å²) in [5.74, 6) is -6.33. The van der Waals surface area contributed by atoms with Crippen LogP contribution in [-0.4, -0.2) is 158 Å². The van der Waals surface area contributed by atoms with Crippen molar-refractivity contribution in [3.05, 3.63) is 0 Å². The molecule has 8 fully saturated rings. The Hall–Kier alpha value is -7.69. The molecule has 0 spiro atoms. The van der Waals surface area contributed by atoms with Gasteiger partial charge in [0.15, 0.2) is 40.7 Å². The maximum Gasteiger partial charge on any atom is 0.425 e. The lowest BCUT2D eigenvalue weighted by Gasteiger charge is -2.37. The lowest BCUT2D eigenvalue weighted by Crippen LogP contribution is -2.45. The number of carbonyl (C=O) groups excluding carboxylic acids is 11. The number of cyclic esters (lactones) is 1. The minimum Gasteiger partial charge on any atom is -0.463 e. The third-order valence-corrected chi connectivity index (χ3v) is 25.1. The normalized spacial score (nSPS) is 26.9. The Morgan fingerprint density at radius 2 is 0.727 bits per heavy atom. The zero-order valence-electron chi connectivity index (χ0n) is 74.7. The molecule has 0 aromatic rings. The van der Waals surface area contributed by atoms with Crippen LogP contribution < -0.4 is 0 Å². The van der Waals surface area contributed by atoms with E-state index in [0.717, 1.165) is 65.2 Å². The van der Waals surface area contributed by atoms with Crippen LogP contribution in [0.2, 0.25) is 0 Å². The predicted octanol–water partition coefficient (Wildman–Crippen LogP) is 18.3. The number of halogens is 12. The van der Waals surface area contributed by atoms with Crippen LogP contribution in [0.3, 0.4) is 0 Å². The summed E-state index contributed by atoms with van der Waals surface area (Å²) < 4.78 is 200. The number of rotatable bonds is 23. The molecule has 24 nitrogen and oxygen atoms in total. The van der Waals surface area contributed by atoms with E-state index in [-0.39, 0.29) is 83.6 Å². The number of fused-ring (bicyclic) bond motifs is 2. The number of hydrogen-bond donors (Lipinski definition) is 0. The van der Waals surface area contributed by atoms with E-state index in [4.69, 9.17) is 33.2 Å². The van der Waals surface area contributed by atoms with Crippen molar-refractivity contribution in [3.8, 4) is 12.1 Å². The van der Waals surface area contributed by atoms with Crippen molar-refractivity contribution >= 4 is 65.7 Å². The van der Waals surface area contributed by atoms with Gasteiger partial charge in [-0.05, 0) is 212 Å². The van der Waals surface area contributed by atoms with E-state index in [1.807, 2.05) is 62.3 Å². The van der Waals surface area contributed by atoms with E-state index in [1.165, 1.54) is 19.8 Å². The summed E-state index contributed by atoms with van der Waals surface area (Å²) in [7, 11) is 0. The first-order valence-electron chi connectivity index (χ1n) is 41.3. The van der Waals surface area contributed by atoms with Gasteiger partial charge < -0.3 is 52.1 Å². The molecule has 0 N–H and O–H groups in total. The summed E-state index contributed by atoms with van der Waals surface area (Å²) >= 11 is 0. The van der Waals surface area contributed by atoms with Gasteiger partial charge in [-0.3, -0.25) is 47.9 Å². The summed E-state index contributed by atoms with van der Waals surface area (Å²) in [6.07, 6.45) is -19.0. The fraction of sp³-hybridized carbons (Fsp3) is 0.847. The predicted molar refractivity (Wildman–Crippen MR) is 409 cm³/mol. The molecule has 3 heterocycles. The van der Waals surface area contributed by atoms with Gasteiger partial charge in [-0.2, -0.15) is 63.2 Å². The van der Waals surface area contributed by atoms with Gasteiger partial charge in [-0.15, -0.1) is 0 Å². The molecule has 8 aliphatic rings. The first kappa shape index (κ1) is 109. The van der Waals surface area contributed by atoms with Crippen molar-refractivity contribution in [2.45, 2.75) is 368 Å². The maximum absolute atomic E-state index is 12.3. The number of nitrogens with zero attached hydrogens (tertiary/aromatic N) is 2. The van der Waals surface area contributed by atoms with E-state index in [9.17, 15) is 116 Å². The summed E-state index contributed by atoms with van der Waals surface area (Å²) in [6.45, 7) is 42.7. The minimum absolute atomic E-state index is 0.0239. The minimum atomic E-state index is -4.85. The topological polar surface area (TPSA) is 337 Å². The van der Waals surface area contributed by atoms with Crippen molar-refractivity contribution in [2.24, 2.45) is 84.2 Å². The van der Waals surface area contributed by atoms with E-state index >= 15 is 0 Å². The van der Waals surface area contributed by atoms with Gasteiger partial charge in [0.1, 0.15) is 30.5 Å². The van der Waals surface area contributed by atoms with Crippen molar-refractivity contribution in [1.29, 1.82) is 10.5 Å². The second-order valence-electron chi connectivity index (χ2n) is 36.9. The molecule has 36 heteroatoms. The molecule has 694 valence electrons. The highest BCUT2D eigenvalue weighted by Crippen LogP contribution is 2.64. The average molecular weight is 1760 g/mol. The summed E-state index contributed by atoms with van der Waals surface area (Å²) in [4.78, 5) is 128. The van der Waals surface area contributed by atoms with Gasteiger partial charge >= 0.3 is 90.4 Å². The highest BCUT2D eigenvalue weighted by atomic mass is 19.4. The molecule has 3 saturated heterocycles. The number of hydrogen-bond acceptors (Lipinski definition) is 24. The fourth-order valence-corrected chi connectivity index (χ4v) is 13.1. The lowest BCUT2D eigenvalue weighted by atomic mass is 9.72. The third kappa shape index (κ3) is 28.2. The van der Waals surface area contributed by atoms with E-state index in [1.54, 1.807) is 55.4 Å². The van der Waals surface area contributed by atoms with Crippen molar-refractivity contribution in [2.75, 3.05) is 6.61 Å². The molecule has 16 unspecified atom stereocenters. The van der Waals surface area contributed by atoms with Crippen LogP contribution >= 0.6 is 0 Å². The summed E-state index contributed by atoms with van der Waals surface area (Å²) in [6, 6.07) is 4.29. The first-order valence-corrected chi connectivity index (χ1v) is 41.3. The number of esters is 11. The zero-order chi connectivity index (χ0) is 94.3. The maximum atomic E-state index is 12.3. The summed E-state index contributed by atoms with van der Waals surface area (Å²) in [5.41, 5.74) is -6.93. The molecule has 0 aromatic carbocycles. The van der Waals surface area contributed by atoms with Crippen LogP contribution in [-0.2, 0) is 105 Å². The van der Waals surface area contributed by atoms with Crippen molar-refractivity contribution in [3.63, 3.8) is 0 Å². The SMILES string of the molecule is CCC(C)(C(=O)OC(C)C(F)(F)F)C(=O)OC(C)C(F)(F)F.CCC(C)(C)C(=O)OC(C)C(F)(F)F.CCC(C)(C)C(=O)OC(C)C(F)(F)F.CCC(C)(C)C(=O)OC1C2CC3C1OC(=O)C3(C#N)C2.CCC(C)(C)C(=O)OC1CCC(C(C)(C)C)CC1.CCC(C)(C)C(=O)OC1CCOC1=O.CCC(C)C(=O)OC1C2CC3C1OC(=O)C3(C#N)C2. The van der Waals surface area contributed by atoms with Crippen molar-refractivity contribution in [1.82, 2.24) is 0 Å². The third-order valence-electron chi connectivity index (χ3n) is 25.1. The van der Waals surface area contributed by atoms with Crippen LogP contribution in [0.25, 0.3) is 0 Å². The second kappa shape index (κ2) is 42.3. The van der Waals surface area contributed by atoms with Crippen LogP contribution in [0.5, 0.6) is 0 Å². The van der Waals surface area contributed by atoms with E-state index < -0.39 is 147 Å². The highest BCUT2D eigenvalue weighted by molar-refractivity contribution is 5.99. The smallest absolute Gasteiger partial charge is 0.425 e. The Morgan fingerprint density at radius 3 is 1.01 bits per heavy atom. The molecule has 4 bridgehead atoms. The highest BCUT2D eigenvalue weighted by Gasteiger charge is 2.74. The first-order chi connectivity index (χ1) is 54.9. The molecular weight excluding hydrogens is 1630 g/mol. The molecule has 16 atom stereocenters. The van der Waals surface area contributed by atoms with Gasteiger partial charge in [0.05, 0.1) is 51.7 Å². The summed E-state index contributed by atoms with van der Waals surface area (Å²) in [5, 5.41) is 18.6. The van der Waals surface area contributed by atoms with E-state index in [0.29, 0.717) is 70.8 Å². The van der Waals surface area contributed by atoms with E-state index in [2.05, 4.69) is 51.9 Å². The molecule has 5 saturated carbocycles. The van der Waals surface area contributed by atoms with Crippen LogP contribution in [0, 0.1) is 107 Å². The van der Waals surface area contributed by atoms with Crippen LogP contribution in [0.1, 0.15) is 283 Å². The number of ether oxygens (including phenoxy) is 11. The monoisotopic (exact) mass is 1760 g/mol. The standard InChI is InChI=1S/C16H30O2.C15H19NO4.C14H17NO4.C12H16F6O4.C10H16O4.2C9H15F3O2/c1-7-16(5,6)14(17)18-13-10-8-12(9-11-13)15(2,3)4;1-4-14(2,3)12(17)19-10-8-5-9-11(10)20-13(18)15(9,6-8)7-16;1-3-7(2)12(16)18-10-8-4-9-11(10)19-13(17)14(9,5-8)6-15;1-5-10(4,8(19)21-6(2)11(13,14)15)9(20)22-7(3)12(16,17)18;1-4-10(2,3)9(12)14-7-5-6-13-8(7)11;2*1-5-8(3,4)7(13)14-6(2)9(10,11)12/h12-13H,7-11H2,1-6H3;8-11H,4-6H2,1-3H3;7-11H,3-5H2,1-2H3;6-7H,5H2,1-4H3;7H,4-6H2,1-3H3;2*6H,5H2,1-4H3. The number of nitriles is 2. The molecule has 0 radical (unpaired) electrons. The Kier molecular flexibility index (Phi) is 38.3. The molecule has 0 amide bonds. The Balaban J connectivity index is 0.000000482. The molecule has 3 aliphatic heterocycles. The van der Waals surface area contributed by atoms with Crippen LogP contribution in [0.4, 0.5) is 52.7 Å². The fourth-order valence-electron chi connectivity index (χ4n) is 13.1. The van der Waals surface area contributed by atoms with Crippen molar-refractivity contribution < 1.29 is 158 Å². The molecule has 121 heavy (non-hydrogen) atoms. The van der Waals surface area contributed by atoms with Gasteiger partial charge in [-0.1, -0.05) is 76.2 Å². The molecular formula is C85H128F12N2O22. The number of carbonyl (C=O) groups is 11. The molecule has 5 aliphatic carbocycles. The van der Waals surface area contributed by atoms with Gasteiger partial charge in [0.25, 0.3) is 0 Å². The molecule has 8 rings (SSSR count). The Morgan fingerprint density at radius 1 is 0.421 bits per heavy atom. The van der Waals surface area contributed by atoms with Gasteiger partial charge in [0.2, 0.25) is 6.10 Å². The van der Waals surface area contributed by atoms with Crippen LogP contribution in [0.15, 0.2) is 0 Å². The second-order valence-corrected chi connectivity index (χ2v) is 36.9. The lowest BCUT2D eigenvalue weighted by molar-refractivity contribution is -0.231.